The van der Waals surface area contributed by atoms with Crippen molar-refractivity contribution in [1.82, 2.24) is 10.2 Å². The molecule has 2 heterocycles. The van der Waals surface area contributed by atoms with Gasteiger partial charge in [-0.2, -0.15) is 0 Å². The number of likely N-dealkylation sites (tertiary alicyclic amines) is 1. The molecular formula is C12H24N2O. The van der Waals surface area contributed by atoms with E-state index >= 15 is 0 Å². The topological polar surface area (TPSA) is 24.5 Å². The van der Waals surface area contributed by atoms with Crippen LogP contribution in [0.2, 0.25) is 0 Å². The van der Waals surface area contributed by atoms with Gasteiger partial charge in [0.05, 0.1) is 6.10 Å². The maximum Gasteiger partial charge on any atom is 0.0588 e. The Kier molecular flexibility index (Phi) is 4.42. The van der Waals surface area contributed by atoms with Crippen LogP contribution >= 0.6 is 0 Å². The van der Waals surface area contributed by atoms with E-state index in [-0.39, 0.29) is 0 Å². The Hall–Kier alpha value is -0.120. The Bertz CT molecular complexity index is 180. The SMILES string of the molecule is CCNC1CCN(CCC2CCCO2)C1. The van der Waals surface area contributed by atoms with Crippen LogP contribution in [0, 0.1) is 0 Å². The summed E-state index contributed by atoms with van der Waals surface area (Å²) in [7, 11) is 0. The first-order chi connectivity index (χ1) is 7.38. The fourth-order valence-electron chi connectivity index (χ4n) is 2.69. The molecule has 2 saturated heterocycles. The van der Waals surface area contributed by atoms with E-state index < -0.39 is 0 Å². The summed E-state index contributed by atoms with van der Waals surface area (Å²) in [5.41, 5.74) is 0. The molecule has 0 aromatic heterocycles. The molecule has 2 aliphatic rings. The third-order valence-corrected chi connectivity index (χ3v) is 3.56. The lowest BCUT2D eigenvalue weighted by molar-refractivity contribution is 0.0947. The van der Waals surface area contributed by atoms with E-state index in [1.807, 2.05) is 0 Å². The van der Waals surface area contributed by atoms with Crippen molar-refractivity contribution in [2.45, 2.75) is 44.8 Å². The quantitative estimate of drug-likeness (QED) is 0.742. The number of nitrogens with zero attached hydrogens (tertiary/aromatic N) is 1. The smallest absolute Gasteiger partial charge is 0.0588 e. The van der Waals surface area contributed by atoms with Gasteiger partial charge in [0.2, 0.25) is 0 Å². The Labute approximate surface area is 93.2 Å². The molecule has 2 aliphatic heterocycles. The molecule has 2 rings (SSSR count). The molecule has 0 aromatic carbocycles. The lowest BCUT2D eigenvalue weighted by atomic mass is 10.2. The highest BCUT2D eigenvalue weighted by Gasteiger charge is 2.23. The van der Waals surface area contributed by atoms with Crippen LogP contribution in [-0.4, -0.2) is 49.8 Å². The van der Waals surface area contributed by atoms with Crippen LogP contribution in [0.5, 0.6) is 0 Å². The van der Waals surface area contributed by atoms with Gasteiger partial charge >= 0.3 is 0 Å². The number of hydrogen-bond donors (Lipinski definition) is 1. The largest absolute Gasteiger partial charge is 0.378 e. The summed E-state index contributed by atoms with van der Waals surface area (Å²) in [4.78, 5) is 2.58. The molecule has 0 spiro atoms. The van der Waals surface area contributed by atoms with Crippen LogP contribution in [0.25, 0.3) is 0 Å². The zero-order valence-corrected chi connectivity index (χ0v) is 9.87. The summed E-state index contributed by atoms with van der Waals surface area (Å²) in [6.45, 7) is 8.02. The summed E-state index contributed by atoms with van der Waals surface area (Å²) in [5, 5.41) is 3.53. The molecule has 2 fully saturated rings. The van der Waals surface area contributed by atoms with Gasteiger partial charge in [-0.1, -0.05) is 6.92 Å². The van der Waals surface area contributed by atoms with Gasteiger partial charge in [-0.3, -0.25) is 0 Å². The highest BCUT2D eigenvalue weighted by Crippen LogP contribution is 2.17. The molecular weight excluding hydrogens is 188 g/mol. The maximum atomic E-state index is 5.64. The number of ether oxygens (including phenoxy) is 1. The fraction of sp³-hybridized carbons (Fsp3) is 1.00. The van der Waals surface area contributed by atoms with Crippen LogP contribution in [0.15, 0.2) is 0 Å². The van der Waals surface area contributed by atoms with Gasteiger partial charge in [0, 0.05) is 25.7 Å². The fourth-order valence-corrected chi connectivity index (χ4v) is 2.69. The lowest BCUT2D eigenvalue weighted by Gasteiger charge is -2.18. The van der Waals surface area contributed by atoms with Crippen molar-refractivity contribution < 1.29 is 4.74 Å². The molecule has 2 atom stereocenters. The molecule has 15 heavy (non-hydrogen) atoms. The standard InChI is InChI=1S/C12H24N2O/c1-2-13-11-5-7-14(10-11)8-6-12-4-3-9-15-12/h11-13H,2-10H2,1H3. The summed E-state index contributed by atoms with van der Waals surface area (Å²) < 4.78 is 5.64. The second-order valence-corrected chi connectivity index (χ2v) is 4.77. The Morgan fingerprint density at radius 2 is 2.33 bits per heavy atom. The minimum atomic E-state index is 0.559. The molecule has 3 nitrogen and oxygen atoms in total. The average Bonchev–Trinajstić information content (AvgIpc) is 2.85. The average molecular weight is 212 g/mol. The normalized spacial score (nSPS) is 32.6. The van der Waals surface area contributed by atoms with Crippen LogP contribution < -0.4 is 5.32 Å². The number of hydrogen-bond acceptors (Lipinski definition) is 3. The first-order valence-corrected chi connectivity index (χ1v) is 6.46. The highest BCUT2D eigenvalue weighted by molar-refractivity contribution is 4.81. The van der Waals surface area contributed by atoms with Crippen molar-refractivity contribution in [1.29, 1.82) is 0 Å². The van der Waals surface area contributed by atoms with Crippen molar-refractivity contribution in [3.05, 3.63) is 0 Å². The zero-order valence-electron chi connectivity index (χ0n) is 9.87. The predicted octanol–water partition coefficient (Wildman–Crippen LogP) is 1.24. The van der Waals surface area contributed by atoms with E-state index in [2.05, 4.69) is 17.1 Å². The van der Waals surface area contributed by atoms with E-state index in [0.29, 0.717) is 6.10 Å². The Morgan fingerprint density at radius 1 is 1.40 bits per heavy atom. The van der Waals surface area contributed by atoms with E-state index in [9.17, 15) is 0 Å². The van der Waals surface area contributed by atoms with Crippen molar-refractivity contribution in [2.24, 2.45) is 0 Å². The first-order valence-electron chi connectivity index (χ1n) is 6.46. The third kappa shape index (κ3) is 3.44. The van der Waals surface area contributed by atoms with E-state index in [0.717, 1.165) is 19.2 Å². The van der Waals surface area contributed by atoms with Gasteiger partial charge in [-0.15, -0.1) is 0 Å². The molecule has 0 saturated carbocycles. The maximum absolute atomic E-state index is 5.64. The van der Waals surface area contributed by atoms with Crippen LogP contribution in [0.3, 0.4) is 0 Å². The molecule has 88 valence electrons. The molecule has 0 aliphatic carbocycles. The van der Waals surface area contributed by atoms with E-state index in [1.54, 1.807) is 0 Å². The minimum absolute atomic E-state index is 0.559. The monoisotopic (exact) mass is 212 g/mol. The van der Waals surface area contributed by atoms with Gasteiger partial charge in [0.15, 0.2) is 0 Å². The van der Waals surface area contributed by atoms with Crippen molar-refractivity contribution >= 4 is 0 Å². The van der Waals surface area contributed by atoms with Crippen LogP contribution in [-0.2, 0) is 4.74 Å². The third-order valence-electron chi connectivity index (χ3n) is 3.56. The molecule has 0 amide bonds. The molecule has 0 radical (unpaired) electrons. The van der Waals surface area contributed by atoms with Gasteiger partial charge in [0.25, 0.3) is 0 Å². The Morgan fingerprint density at radius 3 is 3.07 bits per heavy atom. The van der Waals surface area contributed by atoms with Gasteiger partial charge in [0.1, 0.15) is 0 Å². The van der Waals surface area contributed by atoms with Crippen molar-refractivity contribution in [2.75, 3.05) is 32.8 Å². The molecule has 2 unspecified atom stereocenters. The van der Waals surface area contributed by atoms with Crippen molar-refractivity contribution in [3.63, 3.8) is 0 Å². The summed E-state index contributed by atoms with van der Waals surface area (Å²) in [5.74, 6) is 0. The number of nitrogens with one attached hydrogen (secondary N) is 1. The molecule has 0 bridgehead atoms. The molecule has 3 heteroatoms. The molecule has 1 N–H and O–H groups in total. The lowest BCUT2D eigenvalue weighted by Crippen LogP contribution is -2.33. The predicted molar refractivity (Wildman–Crippen MR) is 62.1 cm³/mol. The highest BCUT2D eigenvalue weighted by atomic mass is 16.5. The summed E-state index contributed by atoms with van der Waals surface area (Å²) >= 11 is 0. The van der Waals surface area contributed by atoms with E-state index in [4.69, 9.17) is 4.74 Å². The van der Waals surface area contributed by atoms with Crippen LogP contribution in [0.1, 0.15) is 32.6 Å². The summed E-state index contributed by atoms with van der Waals surface area (Å²) in [6.07, 6.45) is 5.66. The van der Waals surface area contributed by atoms with E-state index in [1.165, 1.54) is 45.3 Å². The van der Waals surface area contributed by atoms with Crippen LogP contribution in [0.4, 0.5) is 0 Å². The van der Waals surface area contributed by atoms with Gasteiger partial charge < -0.3 is 15.0 Å². The zero-order chi connectivity index (χ0) is 10.5. The second kappa shape index (κ2) is 5.83. The van der Waals surface area contributed by atoms with Crippen molar-refractivity contribution in [3.8, 4) is 0 Å². The van der Waals surface area contributed by atoms with Gasteiger partial charge in [-0.05, 0) is 38.8 Å². The number of rotatable bonds is 5. The first kappa shape index (κ1) is 11.4. The summed E-state index contributed by atoms with van der Waals surface area (Å²) in [6, 6.07) is 0.736. The minimum Gasteiger partial charge on any atom is -0.378 e. The Balaban J connectivity index is 1.59. The molecule has 0 aromatic rings. The number of likely N-dealkylation sites (N-methyl/N-ethyl adjacent to an activating group) is 1. The van der Waals surface area contributed by atoms with Gasteiger partial charge in [-0.25, -0.2) is 0 Å². The second-order valence-electron chi connectivity index (χ2n) is 4.77.